The molecule has 1 aromatic carbocycles. The van der Waals surface area contributed by atoms with Crippen molar-refractivity contribution in [2.45, 2.75) is 6.54 Å². The van der Waals surface area contributed by atoms with Crippen molar-refractivity contribution in [1.82, 2.24) is 4.98 Å². The van der Waals surface area contributed by atoms with E-state index in [1.807, 2.05) is 0 Å². The van der Waals surface area contributed by atoms with Crippen LogP contribution in [0.4, 0.5) is 4.39 Å². The van der Waals surface area contributed by atoms with Gasteiger partial charge in [0.1, 0.15) is 5.52 Å². The molecule has 1 heterocycles. The minimum Gasteiger partial charge on any atom is -0.481 e. The quantitative estimate of drug-likeness (QED) is 0.922. The topological polar surface area (TPSA) is 48.1 Å². The van der Waals surface area contributed by atoms with E-state index in [1.54, 1.807) is 12.1 Å². The van der Waals surface area contributed by atoms with E-state index >= 15 is 0 Å². The van der Waals surface area contributed by atoms with E-state index < -0.39 is 0 Å². The molecule has 0 spiro atoms. The number of methoxy groups -OCH3 is 1. The van der Waals surface area contributed by atoms with Crippen LogP contribution in [-0.4, -0.2) is 12.1 Å². The predicted octanol–water partition coefficient (Wildman–Crippen LogP) is 2.60. The smallest absolute Gasteiger partial charge is 0.218 e. The Morgan fingerprint density at radius 2 is 2.19 bits per heavy atom. The summed E-state index contributed by atoms with van der Waals surface area (Å²) in [5, 5.41) is 0.702. The van der Waals surface area contributed by atoms with Crippen LogP contribution >= 0.6 is 15.9 Å². The molecule has 0 unspecified atom stereocenters. The first-order chi connectivity index (χ1) is 7.65. The van der Waals surface area contributed by atoms with Crippen molar-refractivity contribution >= 4 is 26.8 Å². The van der Waals surface area contributed by atoms with Gasteiger partial charge in [0.15, 0.2) is 5.82 Å². The van der Waals surface area contributed by atoms with Crippen molar-refractivity contribution < 1.29 is 9.13 Å². The van der Waals surface area contributed by atoms with Crippen molar-refractivity contribution in [2.24, 2.45) is 5.73 Å². The molecule has 0 bridgehead atoms. The summed E-state index contributed by atoms with van der Waals surface area (Å²) in [6.45, 7) is 0.306. The molecule has 0 aliphatic carbocycles. The molecule has 2 aromatic rings. The van der Waals surface area contributed by atoms with Gasteiger partial charge in [-0.25, -0.2) is 9.37 Å². The van der Waals surface area contributed by atoms with Gasteiger partial charge in [0.05, 0.1) is 7.11 Å². The molecule has 0 amide bonds. The summed E-state index contributed by atoms with van der Waals surface area (Å²) in [6.07, 6.45) is 0. The molecule has 16 heavy (non-hydrogen) atoms. The first-order valence-electron chi connectivity index (χ1n) is 4.68. The second-order valence-corrected chi connectivity index (χ2v) is 4.24. The van der Waals surface area contributed by atoms with Gasteiger partial charge in [0.25, 0.3) is 0 Å². The van der Waals surface area contributed by atoms with Crippen LogP contribution < -0.4 is 10.5 Å². The summed E-state index contributed by atoms with van der Waals surface area (Å²) < 4.78 is 19.4. The minimum atomic E-state index is -0.383. The molecular weight excluding hydrogens is 275 g/mol. The van der Waals surface area contributed by atoms with Gasteiger partial charge in [-0.2, -0.15) is 0 Å². The highest BCUT2D eigenvalue weighted by Gasteiger charge is 2.10. The zero-order valence-electron chi connectivity index (χ0n) is 8.63. The summed E-state index contributed by atoms with van der Waals surface area (Å²) in [6, 6.07) is 4.95. The van der Waals surface area contributed by atoms with Crippen LogP contribution in [-0.2, 0) is 6.54 Å². The Kier molecular flexibility index (Phi) is 3.07. The maximum absolute atomic E-state index is 13.6. The lowest BCUT2D eigenvalue weighted by atomic mass is 10.1. The molecule has 3 nitrogen and oxygen atoms in total. The number of hydrogen-bond donors (Lipinski definition) is 1. The van der Waals surface area contributed by atoms with E-state index in [9.17, 15) is 4.39 Å². The van der Waals surface area contributed by atoms with Gasteiger partial charge >= 0.3 is 0 Å². The first kappa shape index (κ1) is 11.3. The van der Waals surface area contributed by atoms with Gasteiger partial charge in [-0.1, -0.05) is 15.9 Å². The van der Waals surface area contributed by atoms with Crippen molar-refractivity contribution in [2.75, 3.05) is 7.11 Å². The molecule has 0 saturated carbocycles. The Labute approximate surface area is 101 Å². The number of ether oxygens (including phenoxy) is 1. The maximum atomic E-state index is 13.6. The van der Waals surface area contributed by atoms with E-state index in [0.717, 1.165) is 5.56 Å². The molecule has 0 atom stereocenters. The van der Waals surface area contributed by atoms with Crippen molar-refractivity contribution in [1.29, 1.82) is 0 Å². The number of fused-ring (bicyclic) bond motifs is 1. The summed E-state index contributed by atoms with van der Waals surface area (Å²) in [5.41, 5.74) is 6.61. The van der Waals surface area contributed by atoms with Gasteiger partial charge < -0.3 is 10.5 Å². The molecule has 0 saturated heterocycles. The number of rotatable bonds is 2. The molecule has 0 radical (unpaired) electrons. The molecule has 2 N–H and O–H groups in total. The summed E-state index contributed by atoms with van der Waals surface area (Å²) in [5.74, 6) is -0.0116. The number of pyridine rings is 1. The zero-order chi connectivity index (χ0) is 11.7. The van der Waals surface area contributed by atoms with Crippen LogP contribution in [0.3, 0.4) is 0 Å². The lowest BCUT2D eigenvalue weighted by Crippen LogP contribution is -2.02. The molecule has 0 aliphatic rings. The predicted molar refractivity (Wildman–Crippen MR) is 63.8 cm³/mol. The standard InChI is InChI=1S/C11H10BrFN2O/c1-16-11-7(5-14)2-6-3-8(12)4-9(13)10(6)15-11/h2-4H,5,14H2,1H3. The van der Waals surface area contributed by atoms with Crippen LogP contribution in [0.15, 0.2) is 22.7 Å². The number of benzene rings is 1. The molecule has 2 rings (SSSR count). The summed E-state index contributed by atoms with van der Waals surface area (Å²) in [7, 11) is 1.49. The van der Waals surface area contributed by atoms with Gasteiger partial charge in [0, 0.05) is 22.0 Å². The Morgan fingerprint density at radius 1 is 1.44 bits per heavy atom. The van der Waals surface area contributed by atoms with E-state index in [0.29, 0.717) is 22.3 Å². The Bertz CT molecular complexity index is 545. The third-order valence-corrected chi connectivity index (χ3v) is 2.75. The molecule has 5 heteroatoms. The molecule has 1 aromatic heterocycles. The molecular formula is C11H10BrFN2O. The van der Waals surface area contributed by atoms with Gasteiger partial charge in [-0.15, -0.1) is 0 Å². The maximum Gasteiger partial charge on any atom is 0.218 e. The number of aromatic nitrogens is 1. The van der Waals surface area contributed by atoms with Gasteiger partial charge in [0.2, 0.25) is 5.88 Å². The van der Waals surface area contributed by atoms with Crippen molar-refractivity contribution in [3.8, 4) is 5.88 Å². The molecule has 84 valence electrons. The van der Waals surface area contributed by atoms with Crippen LogP contribution in [0.25, 0.3) is 10.9 Å². The van der Waals surface area contributed by atoms with E-state index in [2.05, 4.69) is 20.9 Å². The van der Waals surface area contributed by atoms with Crippen molar-refractivity contribution in [3.05, 3.63) is 34.1 Å². The summed E-state index contributed by atoms with van der Waals surface area (Å²) >= 11 is 3.24. The fraction of sp³-hybridized carbons (Fsp3) is 0.182. The number of nitrogens with two attached hydrogens (primary N) is 1. The zero-order valence-corrected chi connectivity index (χ0v) is 10.2. The third-order valence-electron chi connectivity index (χ3n) is 2.29. The lowest BCUT2D eigenvalue weighted by molar-refractivity contribution is 0.394. The first-order valence-corrected chi connectivity index (χ1v) is 5.47. The van der Waals surface area contributed by atoms with Gasteiger partial charge in [-0.3, -0.25) is 0 Å². The Morgan fingerprint density at radius 3 is 2.81 bits per heavy atom. The molecule has 0 fully saturated rings. The highest BCUT2D eigenvalue weighted by molar-refractivity contribution is 9.10. The van der Waals surface area contributed by atoms with Crippen molar-refractivity contribution in [3.63, 3.8) is 0 Å². The van der Waals surface area contributed by atoms with Gasteiger partial charge in [-0.05, 0) is 18.2 Å². The fourth-order valence-corrected chi connectivity index (χ4v) is 2.01. The highest BCUT2D eigenvalue weighted by atomic mass is 79.9. The number of nitrogens with zero attached hydrogens (tertiary/aromatic N) is 1. The fourth-order valence-electron chi connectivity index (χ4n) is 1.56. The highest BCUT2D eigenvalue weighted by Crippen LogP contribution is 2.26. The number of halogens is 2. The lowest BCUT2D eigenvalue weighted by Gasteiger charge is -2.08. The van der Waals surface area contributed by atoms with E-state index in [4.69, 9.17) is 10.5 Å². The normalized spacial score (nSPS) is 10.8. The van der Waals surface area contributed by atoms with E-state index in [-0.39, 0.29) is 11.3 Å². The minimum absolute atomic E-state index is 0.289. The Hall–Kier alpha value is -1.20. The largest absolute Gasteiger partial charge is 0.481 e. The summed E-state index contributed by atoms with van der Waals surface area (Å²) in [4.78, 5) is 4.11. The second-order valence-electron chi connectivity index (χ2n) is 3.32. The van der Waals surface area contributed by atoms with E-state index in [1.165, 1.54) is 13.2 Å². The monoisotopic (exact) mass is 284 g/mol. The number of hydrogen-bond acceptors (Lipinski definition) is 3. The van der Waals surface area contributed by atoms with Crippen LogP contribution in [0.5, 0.6) is 5.88 Å². The average Bonchev–Trinajstić information content (AvgIpc) is 2.27. The Balaban J connectivity index is 2.78. The average molecular weight is 285 g/mol. The van der Waals surface area contributed by atoms with Crippen LogP contribution in [0, 0.1) is 5.82 Å². The van der Waals surface area contributed by atoms with Crippen LogP contribution in [0.2, 0.25) is 0 Å². The SMILES string of the molecule is COc1nc2c(F)cc(Br)cc2cc1CN. The molecule has 0 aliphatic heterocycles. The third kappa shape index (κ3) is 1.88. The van der Waals surface area contributed by atoms with Crippen LogP contribution in [0.1, 0.15) is 5.56 Å². The second kappa shape index (κ2) is 4.35.